The molecule has 0 bridgehead atoms. The van der Waals surface area contributed by atoms with Gasteiger partial charge in [0.15, 0.2) is 40.8 Å². The number of aliphatic hydroxyl groups excluding tert-OH is 1. The van der Waals surface area contributed by atoms with Crippen LogP contribution in [0.5, 0.6) is 0 Å². The summed E-state index contributed by atoms with van der Waals surface area (Å²) in [6.07, 6.45) is -4.04. The standard InChI is InChI=1S/C36H58N16O19/c1-15(14-53)49-31(69)34(19(57)5-40,52(26(64)12-47)27(65)13-48)36(71,21(59)7-42)30(68)33(18(56)4-39,51(24(62)10-45)25(63)11-46)35(70,20(58)6-41)29(67)32(17(55)3-38,28(66)16(54)2-37)50(22(60)8-43)23(61)9-44/h14-15,28,66,70-71H,2-13,37-48H2,1H3,(H,49,69)/t15-,28?,32-,33?,34?,35?,36?/m0/s1. The summed E-state index contributed by atoms with van der Waals surface area (Å²) in [7, 11) is 0. The van der Waals surface area contributed by atoms with Crippen molar-refractivity contribution in [2.75, 3.05) is 78.5 Å². The number of aliphatic hydroxyl groups is 3. The van der Waals surface area contributed by atoms with Crippen LogP contribution >= 0.6 is 0 Å². The predicted octanol–water partition coefficient (Wildman–Crippen LogP) is -17.1. The maximum Gasteiger partial charge on any atom is 0.258 e. The van der Waals surface area contributed by atoms with Gasteiger partial charge in [0.05, 0.1) is 84.6 Å². The third-order valence-corrected chi connectivity index (χ3v) is 10.7. The molecular weight excluding hydrogens is 960 g/mol. The second-order valence-corrected chi connectivity index (χ2v) is 14.5. The van der Waals surface area contributed by atoms with Gasteiger partial charge in [0, 0.05) is 0 Å². The van der Waals surface area contributed by atoms with E-state index in [1.807, 2.05) is 0 Å². The van der Waals surface area contributed by atoms with Crippen LogP contribution in [-0.4, -0.2) is 242 Å². The van der Waals surface area contributed by atoms with Crippen molar-refractivity contribution < 1.29 is 92.0 Å². The molecule has 5 unspecified atom stereocenters. The number of aldehydes is 1. The molecule has 0 aromatic heterocycles. The summed E-state index contributed by atoms with van der Waals surface area (Å²) in [6, 6.07) is -2.06. The second kappa shape index (κ2) is 26.0. The van der Waals surface area contributed by atoms with Gasteiger partial charge in [-0.3, -0.25) is 86.6 Å². The Hall–Kier alpha value is -6.68. The minimum absolute atomic E-state index is 0.193. The smallest absolute Gasteiger partial charge is 0.258 e. The fourth-order valence-corrected chi connectivity index (χ4v) is 7.58. The Labute approximate surface area is 399 Å². The van der Waals surface area contributed by atoms with Gasteiger partial charge in [-0.15, -0.1) is 0 Å². The lowest BCUT2D eigenvalue weighted by Gasteiger charge is -2.55. The van der Waals surface area contributed by atoms with Crippen LogP contribution in [0.1, 0.15) is 6.92 Å². The molecule has 35 nitrogen and oxygen atoms in total. The van der Waals surface area contributed by atoms with Gasteiger partial charge in [-0.25, -0.2) is 0 Å². The Morgan fingerprint density at radius 2 is 0.732 bits per heavy atom. The van der Waals surface area contributed by atoms with Gasteiger partial charge in [0.25, 0.3) is 5.91 Å². The summed E-state index contributed by atoms with van der Waals surface area (Å²) in [5.74, 6) is -38.3. The molecule has 0 rings (SSSR count). The first-order chi connectivity index (χ1) is 33.0. The molecule has 28 N–H and O–H groups in total. The van der Waals surface area contributed by atoms with Gasteiger partial charge in [-0.2, -0.15) is 0 Å². The van der Waals surface area contributed by atoms with E-state index in [0.29, 0.717) is 0 Å². The largest absolute Gasteiger partial charge is 0.382 e. The number of carbonyl (C=O) groups excluding carboxylic acids is 16. The lowest BCUT2D eigenvalue weighted by atomic mass is 9.55. The van der Waals surface area contributed by atoms with Crippen molar-refractivity contribution in [3.8, 4) is 0 Å². The minimum atomic E-state index is -5.76. The molecule has 0 aromatic carbocycles. The fourth-order valence-electron chi connectivity index (χ4n) is 7.58. The number of hydrogen-bond acceptors (Lipinski definition) is 31. The highest BCUT2D eigenvalue weighted by Gasteiger charge is 2.84. The van der Waals surface area contributed by atoms with E-state index in [2.05, 4.69) is 0 Å². The Kier molecular flexibility index (Phi) is 23.5. The third-order valence-electron chi connectivity index (χ3n) is 10.7. The van der Waals surface area contributed by atoms with Crippen LogP contribution in [0.25, 0.3) is 0 Å². The number of nitrogens with two attached hydrogens (primary N) is 12. The van der Waals surface area contributed by atoms with Gasteiger partial charge in [-0.05, 0) is 6.92 Å². The molecule has 0 aliphatic heterocycles. The first-order valence-electron chi connectivity index (χ1n) is 20.2. The zero-order valence-corrected chi connectivity index (χ0v) is 37.9. The van der Waals surface area contributed by atoms with Crippen molar-refractivity contribution >= 4 is 93.9 Å². The Morgan fingerprint density at radius 1 is 0.437 bits per heavy atom. The number of ketones is 8. The van der Waals surface area contributed by atoms with Crippen molar-refractivity contribution in [1.82, 2.24) is 20.0 Å². The molecule has 0 aliphatic carbocycles. The van der Waals surface area contributed by atoms with Crippen LogP contribution in [0.4, 0.5) is 0 Å². The first kappa shape index (κ1) is 64.3. The molecule has 35 heteroatoms. The summed E-state index contributed by atoms with van der Waals surface area (Å²) in [4.78, 5) is 228. The number of nitrogens with one attached hydrogen (secondary N) is 1. The average molecular weight is 1020 g/mol. The molecule has 0 heterocycles. The molecule has 0 aromatic rings. The van der Waals surface area contributed by atoms with Crippen molar-refractivity contribution in [2.24, 2.45) is 68.8 Å². The predicted molar refractivity (Wildman–Crippen MR) is 232 cm³/mol. The molecule has 7 amide bonds. The van der Waals surface area contributed by atoms with E-state index < -0.39 is 221 Å². The number of carbonyl (C=O) groups is 16. The van der Waals surface area contributed by atoms with E-state index >= 15 is 14.4 Å². The highest BCUT2D eigenvalue weighted by atomic mass is 16.3. The molecule has 0 saturated carbocycles. The van der Waals surface area contributed by atoms with Crippen LogP contribution in [0.3, 0.4) is 0 Å². The summed E-state index contributed by atoms with van der Waals surface area (Å²) in [5, 5.41) is 40.2. The van der Waals surface area contributed by atoms with Gasteiger partial charge >= 0.3 is 0 Å². The molecular formula is C36H58N16O19. The van der Waals surface area contributed by atoms with Gasteiger partial charge in [0.2, 0.25) is 74.8 Å². The number of Topliss-reactive ketones (excluding diaryl/α,β-unsaturated/α-hetero) is 8. The Morgan fingerprint density at radius 3 is 1.03 bits per heavy atom. The Bertz CT molecular complexity index is 2180. The van der Waals surface area contributed by atoms with E-state index in [9.17, 15) is 77.6 Å². The molecule has 396 valence electrons. The summed E-state index contributed by atoms with van der Waals surface area (Å²) < 4.78 is 0. The molecule has 0 aliphatic rings. The van der Waals surface area contributed by atoms with Crippen molar-refractivity contribution in [2.45, 2.75) is 46.9 Å². The molecule has 0 radical (unpaired) electrons. The highest BCUT2D eigenvalue weighted by Crippen LogP contribution is 2.46. The van der Waals surface area contributed by atoms with E-state index in [4.69, 9.17) is 68.8 Å². The van der Waals surface area contributed by atoms with E-state index in [1.54, 1.807) is 5.32 Å². The highest BCUT2D eigenvalue weighted by molar-refractivity contribution is 6.41. The molecule has 0 saturated heterocycles. The van der Waals surface area contributed by atoms with Gasteiger partial charge in [0.1, 0.15) is 6.29 Å². The fraction of sp³-hybridized carbons (Fsp3) is 0.556. The molecule has 71 heavy (non-hydrogen) atoms. The van der Waals surface area contributed by atoms with E-state index in [-0.39, 0.29) is 6.29 Å². The van der Waals surface area contributed by atoms with Gasteiger partial charge < -0.3 is 94.2 Å². The monoisotopic (exact) mass is 1020 g/mol. The molecule has 0 fully saturated rings. The maximum absolute atomic E-state index is 16.5. The van der Waals surface area contributed by atoms with Crippen LogP contribution in [0.15, 0.2) is 0 Å². The maximum atomic E-state index is 16.5. The topological polar surface area (TPSA) is 668 Å². The van der Waals surface area contributed by atoms with Crippen molar-refractivity contribution in [3.05, 3.63) is 0 Å². The Balaban J connectivity index is 11.5. The molecule has 0 spiro atoms. The summed E-state index contributed by atoms with van der Waals surface area (Å²) >= 11 is 0. The number of imide groups is 3. The lowest BCUT2D eigenvalue weighted by Crippen LogP contribution is -2.92. The van der Waals surface area contributed by atoms with Crippen LogP contribution in [0, 0.1) is 0 Å². The normalized spacial score (nSPS) is 16.2. The van der Waals surface area contributed by atoms with E-state index in [0.717, 1.165) is 6.92 Å². The number of rotatable bonds is 31. The summed E-state index contributed by atoms with van der Waals surface area (Å²) in [6.45, 7) is -21.3. The molecule has 7 atom stereocenters. The van der Waals surface area contributed by atoms with Crippen molar-refractivity contribution in [1.29, 1.82) is 0 Å². The lowest BCUT2D eigenvalue weighted by molar-refractivity contribution is -0.206. The zero-order valence-electron chi connectivity index (χ0n) is 37.9. The van der Waals surface area contributed by atoms with Crippen LogP contribution < -0.4 is 74.1 Å². The summed E-state index contributed by atoms with van der Waals surface area (Å²) in [5.41, 5.74) is 39.5. The zero-order chi connectivity index (χ0) is 55.9. The first-order valence-corrected chi connectivity index (χ1v) is 20.2. The third kappa shape index (κ3) is 10.1. The van der Waals surface area contributed by atoms with Crippen molar-refractivity contribution in [3.63, 3.8) is 0 Å². The second-order valence-electron chi connectivity index (χ2n) is 14.5. The number of nitrogens with zero attached hydrogens (tertiary/aromatic N) is 3. The van der Waals surface area contributed by atoms with Crippen LogP contribution in [-0.2, 0) is 76.7 Å². The van der Waals surface area contributed by atoms with Crippen LogP contribution in [0.2, 0.25) is 0 Å². The minimum Gasteiger partial charge on any atom is -0.382 e. The number of hydrogen-bond donors (Lipinski definition) is 16. The SMILES string of the molecule is C[C@@H](C=O)NC(=O)C(C(=O)CN)(N(C(=O)CN)C(=O)CN)C(O)(C(=O)CN)C(=O)C(C(=O)CN)(N(C(=O)CN)C(=O)CN)C(O)(C(=O)CN)C(=O)[C@](C(=O)CN)(C(O)C(=O)CN)N(C(=O)CN)C(=O)CN. The van der Waals surface area contributed by atoms with Gasteiger partial charge in [-0.1, -0.05) is 0 Å². The average Bonchev–Trinajstić information content (AvgIpc) is 3.38. The van der Waals surface area contributed by atoms with E-state index in [1.165, 1.54) is 0 Å². The quantitative estimate of drug-likeness (QED) is 0.0226. The number of amides is 7.